The average Bonchev–Trinajstić information content (AvgIpc) is 3.59. The molecule has 1 N–H and O–H groups in total. The molecule has 0 spiro atoms. The lowest BCUT2D eigenvalue weighted by molar-refractivity contribution is -0.142. The van der Waals surface area contributed by atoms with E-state index in [0.29, 0.717) is 49.8 Å². The van der Waals surface area contributed by atoms with E-state index in [9.17, 15) is 14.0 Å². The molecule has 2 aliphatic heterocycles. The van der Waals surface area contributed by atoms with Gasteiger partial charge in [-0.15, -0.1) is 0 Å². The minimum Gasteiger partial charge on any atom is -0.426 e. The molecule has 7 nitrogen and oxygen atoms in total. The summed E-state index contributed by atoms with van der Waals surface area (Å²) in [6, 6.07) is 13.1. The Hall–Kier alpha value is -3.13. The summed E-state index contributed by atoms with van der Waals surface area (Å²) in [7, 11) is 1.80. The fourth-order valence-corrected chi connectivity index (χ4v) is 6.06. The Morgan fingerprint density at radius 3 is 2.23 bits per heavy atom. The first-order valence-electron chi connectivity index (χ1n) is 13.6. The molecule has 2 heterocycles. The van der Waals surface area contributed by atoms with E-state index in [1.807, 2.05) is 47.9 Å². The van der Waals surface area contributed by atoms with Crippen LogP contribution in [0.2, 0.25) is 5.02 Å². The van der Waals surface area contributed by atoms with Crippen molar-refractivity contribution in [3.63, 3.8) is 0 Å². The first-order chi connectivity index (χ1) is 18.5. The molecule has 3 fully saturated rings. The summed E-state index contributed by atoms with van der Waals surface area (Å²) >= 11 is 6.17. The number of nitrogens with zero attached hydrogens (tertiary/aromatic N) is 3. The van der Waals surface area contributed by atoms with Crippen molar-refractivity contribution >= 4 is 29.4 Å². The SMILES string of the molecule is CN(C(=N)Oc1ccc(F)cc1)C1(C)CN(C(=O)C2CCN(C(=O)C3(C)CC3)CC2)CC1c1ccc(Cl)cc1. The van der Waals surface area contributed by atoms with Gasteiger partial charge in [0.2, 0.25) is 11.8 Å². The molecule has 2 saturated heterocycles. The Morgan fingerprint density at radius 2 is 1.64 bits per heavy atom. The number of hydrogen-bond donors (Lipinski definition) is 1. The molecule has 2 atom stereocenters. The number of piperidine rings is 1. The summed E-state index contributed by atoms with van der Waals surface area (Å²) < 4.78 is 19.1. The van der Waals surface area contributed by atoms with Crippen molar-refractivity contribution in [1.29, 1.82) is 5.41 Å². The lowest BCUT2D eigenvalue weighted by Crippen LogP contribution is -2.54. The van der Waals surface area contributed by atoms with E-state index in [0.717, 1.165) is 18.4 Å². The van der Waals surface area contributed by atoms with Gasteiger partial charge in [-0.2, -0.15) is 0 Å². The molecule has 5 rings (SSSR count). The van der Waals surface area contributed by atoms with E-state index >= 15 is 0 Å². The highest BCUT2D eigenvalue weighted by Gasteiger charge is 2.51. The van der Waals surface area contributed by atoms with Crippen LogP contribution in [0.4, 0.5) is 4.39 Å². The number of benzene rings is 2. The summed E-state index contributed by atoms with van der Waals surface area (Å²) in [6.45, 7) is 6.23. The molecule has 3 aliphatic rings. The molecule has 2 unspecified atom stereocenters. The van der Waals surface area contributed by atoms with E-state index in [2.05, 4.69) is 0 Å². The van der Waals surface area contributed by atoms with Crippen LogP contribution in [0, 0.1) is 22.6 Å². The predicted octanol–water partition coefficient (Wildman–Crippen LogP) is 5.15. The summed E-state index contributed by atoms with van der Waals surface area (Å²) in [4.78, 5) is 32.2. The third kappa shape index (κ3) is 5.49. The summed E-state index contributed by atoms with van der Waals surface area (Å²) in [5, 5.41) is 9.33. The number of halogens is 2. The van der Waals surface area contributed by atoms with E-state index in [4.69, 9.17) is 21.7 Å². The number of carbonyl (C=O) groups is 2. The number of likely N-dealkylation sites (N-methyl/N-ethyl adjacent to an activating group) is 1. The van der Waals surface area contributed by atoms with Crippen molar-refractivity contribution in [3.05, 3.63) is 64.9 Å². The quantitative estimate of drug-likeness (QED) is 0.410. The normalized spacial score (nSPS) is 24.4. The smallest absolute Gasteiger partial charge is 0.290 e. The number of carbonyl (C=O) groups excluding carboxylic acids is 2. The fraction of sp³-hybridized carbons (Fsp3) is 0.500. The van der Waals surface area contributed by atoms with Gasteiger partial charge >= 0.3 is 0 Å². The second kappa shape index (κ2) is 10.5. The minimum atomic E-state index is -0.641. The van der Waals surface area contributed by atoms with E-state index in [1.165, 1.54) is 24.3 Å². The fourth-order valence-electron chi connectivity index (χ4n) is 5.93. The standard InChI is InChI=1S/C30H36ClFN4O3/c1-29(14-15-29)27(38)35-16-12-21(13-17-35)26(37)36-18-25(20-4-6-22(31)7-5-20)30(2,19-36)34(3)28(33)39-24-10-8-23(32)9-11-24/h4-11,21,25,33H,12-19H2,1-3H3. The predicted molar refractivity (Wildman–Crippen MR) is 148 cm³/mol. The maximum Gasteiger partial charge on any atom is 0.290 e. The van der Waals surface area contributed by atoms with Gasteiger partial charge in [-0.1, -0.05) is 30.7 Å². The summed E-state index contributed by atoms with van der Waals surface area (Å²) in [5.41, 5.74) is 0.194. The van der Waals surface area contributed by atoms with E-state index < -0.39 is 5.54 Å². The lowest BCUT2D eigenvalue weighted by atomic mass is 9.82. The third-order valence-electron chi connectivity index (χ3n) is 9.00. The monoisotopic (exact) mass is 554 g/mol. The Balaban J connectivity index is 1.32. The van der Waals surface area contributed by atoms with Gasteiger partial charge in [-0.3, -0.25) is 15.0 Å². The van der Waals surface area contributed by atoms with Crippen LogP contribution < -0.4 is 4.74 Å². The van der Waals surface area contributed by atoms with Crippen molar-refractivity contribution in [1.82, 2.24) is 14.7 Å². The number of nitrogens with one attached hydrogen (secondary N) is 1. The zero-order valence-corrected chi connectivity index (χ0v) is 23.5. The van der Waals surface area contributed by atoms with Crippen LogP contribution in [-0.4, -0.2) is 71.3 Å². The summed E-state index contributed by atoms with van der Waals surface area (Å²) in [6.07, 6.45) is 3.24. The van der Waals surface area contributed by atoms with Gasteiger partial charge in [-0.25, -0.2) is 4.39 Å². The van der Waals surface area contributed by atoms with Crippen molar-refractivity contribution in [2.75, 3.05) is 33.2 Å². The van der Waals surface area contributed by atoms with Crippen LogP contribution in [0.15, 0.2) is 48.5 Å². The van der Waals surface area contributed by atoms with Crippen molar-refractivity contribution in [2.24, 2.45) is 11.3 Å². The van der Waals surface area contributed by atoms with Gasteiger partial charge in [0.25, 0.3) is 6.02 Å². The van der Waals surface area contributed by atoms with Gasteiger partial charge in [0.15, 0.2) is 0 Å². The Labute approximate surface area is 234 Å². The largest absolute Gasteiger partial charge is 0.426 e. The number of likely N-dealkylation sites (tertiary alicyclic amines) is 2. The molecular formula is C30H36ClFN4O3. The maximum absolute atomic E-state index is 13.8. The zero-order chi connectivity index (χ0) is 27.9. The summed E-state index contributed by atoms with van der Waals surface area (Å²) in [5.74, 6) is 0.0889. The molecule has 9 heteroatoms. The van der Waals surface area contributed by atoms with Crippen LogP contribution in [-0.2, 0) is 9.59 Å². The van der Waals surface area contributed by atoms with Gasteiger partial charge in [0, 0.05) is 55.5 Å². The molecule has 208 valence electrons. The van der Waals surface area contributed by atoms with Gasteiger partial charge in [0.1, 0.15) is 11.6 Å². The van der Waals surface area contributed by atoms with Crippen LogP contribution in [0.3, 0.4) is 0 Å². The second-order valence-electron chi connectivity index (χ2n) is 11.7. The number of amidine groups is 1. The molecule has 2 aromatic rings. The molecule has 1 saturated carbocycles. The zero-order valence-electron chi connectivity index (χ0n) is 22.8. The Bertz CT molecular complexity index is 1240. The highest BCUT2D eigenvalue weighted by molar-refractivity contribution is 6.30. The van der Waals surface area contributed by atoms with Gasteiger partial charge in [-0.05, 0) is 74.6 Å². The van der Waals surface area contributed by atoms with Crippen LogP contribution in [0.1, 0.15) is 51.0 Å². The highest BCUT2D eigenvalue weighted by atomic mass is 35.5. The number of rotatable bonds is 5. The van der Waals surface area contributed by atoms with Crippen molar-refractivity contribution in [2.45, 2.75) is 51.0 Å². The first-order valence-corrected chi connectivity index (χ1v) is 14.0. The number of ether oxygens (including phenoxy) is 1. The van der Waals surface area contributed by atoms with Crippen LogP contribution in [0.25, 0.3) is 0 Å². The molecule has 0 radical (unpaired) electrons. The van der Waals surface area contributed by atoms with Crippen LogP contribution >= 0.6 is 11.6 Å². The molecule has 2 aromatic carbocycles. The molecule has 0 aromatic heterocycles. The molecule has 0 bridgehead atoms. The molecule has 1 aliphatic carbocycles. The molecule has 39 heavy (non-hydrogen) atoms. The Morgan fingerprint density at radius 1 is 1.03 bits per heavy atom. The van der Waals surface area contributed by atoms with E-state index in [1.54, 1.807) is 11.9 Å². The maximum atomic E-state index is 13.8. The van der Waals surface area contributed by atoms with Gasteiger partial charge < -0.3 is 19.4 Å². The first kappa shape index (κ1) is 27.4. The highest BCUT2D eigenvalue weighted by Crippen LogP contribution is 2.47. The molecular weight excluding hydrogens is 519 g/mol. The third-order valence-corrected chi connectivity index (χ3v) is 9.25. The molecule has 2 amide bonds. The minimum absolute atomic E-state index is 0.0854. The van der Waals surface area contributed by atoms with Crippen molar-refractivity contribution in [3.8, 4) is 5.75 Å². The lowest BCUT2D eigenvalue weighted by Gasteiger charge is -2.40. The second-order valence-corrected chi connectivity index (χ2v) is 12.2. The Kier molecular flexibility index (Phi) is 7.35. The number of hydrogen-bond acceptors (Lipinski definition) is 4. The van der Waals surface area contributed by atoms with Crippen molar-refractivity contribution < 1.29 is 18.7 Å². The van der Waals surface area contributed by atoms with Crippen LogP contribution in [0.5, 0.6) is 5.75 Å². The van der Waals surface area contributed by atoms with E-state index in [-0.39, 0.29) is 40.9 Å². The topological polar surface area (TPSA) is 76.9 Å². The average molecular weight is 555 g/mol. The number of amides is 2. The van der Waals surface area contributed by atoms with Gasteiger partial charge in [0.05, 0.1) is 5.54 Å².